The highest BCUT2D eigenvalue weighted by Crippen LogP contribution is 2.39. The molecule has 0 saturated carbocycles. The monoisotopic (exact) mass is 655 g/mol. The molecule has 2 aromatic heterocycles. The fourth-order valence-corrected chi connectivity index (χ4v) is 6.71. The summed E-state index contributed by atoms with van der Waals surface area (Å²) in [5, 5.41) is 2.22. The van der Waals surface area contributed by atoms with Crippen molar-refractivity contribution in [2.45, 2.75) is 13.8 Å². The van der Waals surface area contributed by atoms with Crippen LogP contribution < -0.4 is 0 Å². The maximum absolute atomic E-state index is 6.61. The highest BCUT2D eigenvalue weighted by atomic mass is 16.3. The molecule has 0 spiro atoms. The zero-order valence-electron chi connectivity index (χ0n) is 28.3. The Morgan fingerprint density at radius 2 is 0.843 bits per heavy atom. The van der Waals surface area contributed by atoms with Gasteiger partial charge in [0.1, 0.15) is 11.2 Å². The molecule has 0 saturated heterocycles. The molecule has 9 rings (SSSR count). The van der Waals surface area contributed by atoms with E-state index >= 15 is 0 Å². The Bertz CT molecular complexity index is 2630. The van der Waals surface area contributed by atoms with Crippen molar-refractivity contribution in [2.24, 2.45) is 0 Å². The van der Waals surface area contributed by atoms with Crippen LogP contribution >= 0.6 is 0 Å². The van der Waals surface area contributed by atoms with Crippen LogP contribution in [0.5, 0.6) is 0 Å². The number of furan rings is 1. The van der Waals surface area contributed by atoms with Gasteiger partial charge in [-0.2, -0.15) is 0 Å². The molecule has 7 aromatic carbocycles. The van der Waals surface area contributed by atoms with Crippen LogP contribution in [0.4, 0.5) is 0 Å². The Balaban J connectivity index is 1.11. The predicted molar refractivity (Wildman–Crippen MR) is 209 cm³/mol. The summed E-state index contributed by atoms with van der Waals surface area (Å²) in [6.07, 6.45) is 0. The molecule has 9 aromatic rings. The Hall–Kier alpha value is -6.65. The number of fused-ring (bicyclic) bond motifs is 3. The summed E-state index contributed by atoms with van der Waals surface area (Å²) in [6, 6.07) is 57.0. The van der Waals surface area contributed by atoms with Gasteiger partial charge in [-0.3, -0.25) is 0 Å². The van der Waals surface area contributed by atoms with Crippen molar-refractivity contribution < 1.29 is 4.42 Å². The van der Waals surface area contributed by atoms with E-state index in [4.69, 9.17) is 19.4 Å². The lowest BCUT2D eigenvalue weighted by Gasteiger charge is -2.11. The van der Waals surface area contributed by atoms with Crippen molar-refractivity contribution >= 4 is 21.9 Å². The van der Waals surface area contributed by atoms with Crippen LogP contribution in [0.25, 0.3) is 89.5 Å². The molecule has 0 amide bonds. The van der Waals surface area contributed by atoms with Gasteiger partial charge in [0.25, 0.3) is 0 Å². The summed E-state index contributed by atoms with van der Waals surface area (Å²) >= 11 is 0. The van der Waals surface area contributed by atoms with Gasteiger partial charge in [0.15, 0.2) is 17.5 Å². The highest BCUT2D eigenvalue weighted by Gasteiger charge is 2.16. The van der Waals surface area contributed by atoms with Gasteiger partial charge in [-0.05, 0) is 65.9 Å². The number of rotatable bonds is 6. The van der Waals surface area contributed by atoms with Crippen molar-refractivity contribution in [3.8, 4) is 67.5 Å². The summed E-state index contributed by atoms with van der Waals surface area (Å²) in [5.41, 5.74) is 13.6. The number of hydrogen-bond acceptors (Lipinski definition) is 4. The van der Waals surface area contributed by atoms with Crippen molar-refractivity contribution in [3.05, 3.63) is 175 Å². The quantitative estimate of drug-likeness (QED) is 0.179. The lowest BCUT2D eigenvalue weighted by Crippen LogP contribution is -2.00. The van der Waals surface area contributed by atoms with E-state index < -0.39 is 0 Å². The Morgan fingerprint density at radius 3 is 1.49 bits per heavy atom. The fraction of sp³-hybridized carbons (Fsp3) is 0.0426. The largest absolute Gasteiger partial charge is 0.455 e. The van der Waals surface area contributed by atoms with Crippen molar-refractivity contribution in [3.63, 3.8) is 0 Å². The van der Waals surface area contributed by atoms with Crippen LogP contribution in [0.2, 0.25) is 0 Å². The summed E-state index contributed by atoms with van der Waals surface area (Å²) in [5.74, 6) is 1.94. The molecular weight excluding hydrogens is 623 g/mol. The Morgan fingerprint density at radius 1 is 0.353 bits per heavy atom. The minimum absolute atomic E-state index is 0.635. The number of nitrogens with zero attached hydrogens (tertiary/aromatic N) is 3. The second kappa shape index (κ2) is 12.7. The fourth-order valence-electron chi connectivity index (χ4n) is 6.71. The van der Waals surface area contributed by atoms with Gasteiger partial charge in [-0.1, -0.05) is 151 Å². The molecule has 0 atom stereocenters. The maximum atomic E-state index is 6.61. The van der Waals surface area contributed by atoms with Crippen LogP contribution in [0.15, 0.2) is 168 Å². The van der Waals surface area contributed by atoms with Crippen LogP contribution in [-0.4, -0.2) is 15.0 Å². The topological polar surface area (TPSA) is 51.8 Å². The highest BCUT2D eigenvalue weighted by molar-refractivity contribution is 6.10. The van der Waals surface area contributed by atoms with Gasteiger partial charge < -0.3 is 4.42 Å². The molecule has 2 heterocycles. The molecule has 0 fully saturated rings. The zero-order chi connectivity index (χ0) is 34.3. The summed E-state index contributed by atoms with van der Waals surface area (Å²) in [7, 11) is 0. The molecule has 0 N–H and O–H groups in total. The first-order valence-electron chi connectivity index (χ1n) is 17.2. The van der Waals surface area contributed by atoms with Gasteiger partial charge >= 0.3 is 0 Å². The van der Waals surface area contributed by atoms with E-state index in [1.165, 1.54) is 16.7 Å². The van der Waals surface area contributed by atoms with Gasteiger partial charge in [0.05, 0.1) is 0 Å². The average Bonchev–Trinajstić information content (AvgIpc) is 3.57. The van der Waals surface area contributed by atoms with E-state index in [9.17, 15) is 0 Å². The third-order valence-electron chi connectivity index (χ3n) is 9.49. The van der Waals surface area contributed by atoms with Gasteiger partial charge in [0.2, 0.25) is 0 Å². The van der Waals surface area contributed by atoms with E-state index in [0.29, 0.717) is 17.5 Å². The van der Waals surface area contributed by atoms with Crippen LogP contribution in [0, 0.1) is 13.8 Å². The third kappa shape index (κ3) is 5.87. The van der Waals surface area contributed by atoms with Crippen molar-refractivity contribution in [1.29, 1.82) is 0 Å². The van der Waals surface area contributed by atoms with Gasteiger partial charge in [-0.25, -0.2) is 15.0 Å². The molecule has 51 heavy (non-hydrogen) atoms. The normalized spacial score (nSPS) is 11.3. The van der Waals surface area contributed by atoms with Crippen LogP contribution in [0.3, 0.4) is 0 Å². The first kappa shape index (κ1) is 30.4. The first-order valence-corrected chi connectivity index (χ1v) is 17.2. The molecule has 4 heteroatoms. The molecule has 0 aliphatic rings. The van der Waals surface area contributed by atoms with Crippen molar-refractivity contribution in [2.75, 3.05) is 0 Å². The smallest absolute Gasteiger partial charge is 0.164 e. The minimum atomic E-state index is 0.635. The lowest BCUT2D eigenvalue weighted by atomic mass is 9.96. The number of para-hydroxylation sites is 1. The number of hydrogen-bond donors (Lipinski definition) is 0. The molecule has 0 aliphatic carbocycles. The van der Waals surface area contributed by atoms with E-state index in [1.54, 1.807) is 0 Å². The number of aryl methyl sites for hydroxylation is 2. The van der Waals surface area contributed by atoms with Crippen molar-refractivity contribution in [1.82, 2.24) is 15.0 Å². The van der Waals surface area contributed by atoms with E-state index in [1.807, 2.05) is 6.07 Å². The molecule has 0 aliphatic heterocycles. The summed E-state index contributed by atoms with van der Waals surface area (Å²) < 4.78 is 6.61. The van der Waals surface area contributed by atoms with E-state index in [2.05, 4.69) is 172 Å². The van der Waals surface area contributed by atoms with Gasteiger partial charge in [-0.15, -0.1) is 0 Å². The van der Waals surface area contributed by atoms with E-state index in [0.717, 1.165) is 66.4 Å². The maximum Gasteiger partial charge on any atom is 0.164 e. The third-order valence-corrected chi connectivity index (χ3v) is 9.49. The molecule has 242 valence electrons. The Labute approximate surface area is 296 Å². The second-order valence-electron chi connectivity index (χ2n) is 13.1. The molecule has 0 unspecified atom stereocenters. The summed E-state index contributed by atoms with van der Waals surface area (Å²) in [4.78, 5) is 14.9. The SMILES string of the molecule is Cc1ccc(-c2nc(-c3ccc(C)cc3)nc(-c3cccc(-c4cccc(-c5cccc6c5oc5cc(-c7ccccc7)ccc56)c4)c3)n2)cc1. The van der Waals surface area contributed by atoms with Crippen LogP contribution in [-0.2, 0) is 0 Å². The van der Waals surface area contributed by atoms with E-state index in [-0.39, 0.29) is 0 Å². The molecule has 4 nitrogen and oxygen atoms in total. The van der Waals surface area contributed by atoms with Gasteiger partial charge in [0, 0.05) is 33.0 Å². The zero-order valence-corrected chi connectivity index (χ0v) is 28.3. The summed E-state index contributed by atoms with van der Waals surface area (Å²) in [6.45, 7) is 4.17. The number of aromatic nitrogens is 3. The Kier molecular flexibility index (Phi) is 7.55. The standard InChI is InChI=1S/C47H33N3O/c1-30-17-21-33(22-18-30)45-48-46(34-23-19-31(2)20-24-34)50-47(49-45)39-14-7-12-36(28-39)35-11-6-13-38(27-35)40-15-8-16-42-41-26-25-37(29-43(41)51-44(40)42)32-9-4-3-5-10-32/h3-29H,1-2H3. The molecule has 0 bridgehead atoms. The number of benzene rings is 7. The molecular formula is C47H33N3O. The minimum Gasteiger partial charge on any atom is -0.455 e. The second-order valence-corrected chi connectivity index (χ2v) is 13.1. The lowest BCUT2D eigenvalue weighted by molar-refractivity contribution is 0.670. The average molecular weight is 656 g/mol. The predicted octanol–water partition coefficient (Wildman–Crippen LogP) is 12.4. The molecule has 0 radical (unpaired) electrons. The first-order chi connectivity index (χ1) is 25.1. The van der Waals surface area contributed by atoms with Crippen LogP contribution in [0.1, 0.15) is 11.1 Å².